The minimum absolute atomic E-state index is 0.0362. The first-order valence-electron chi connectivity index (χ1n) is 7.13. The number of Topliss-reactive ketones (excluding diaryl/α,β-unsaturated/α-hetero) is 1. The van der Waals surface area contributed by atoms with Crippen molar-refractivity contribution in [3.63, 3.8) is 0 Å². The molecule has 0 aliphatic rings. The maximum atomic E-state index is 12.2. The normalized spacial score (nSPS) is 11.7. The molecular formula is C17H16N2O5. The summed E-state index contributed by atoms with van der Waals surface area (Å²) in [5.74, 6) is -2.72. The van der Waals surface area contributed by atoms with Crippen molar-refractivity contribution in [2.45, 2.75) is 13.5 Å². The zero-order valence-electron chi connectivity index (χ0n) is 13.3. The fourth-order valence-corrected chi connectivity index (χ4v) is 2.25. The van der Waals surface area contributed by atoms with Crippen molar-refractivity contribution in [3.05, 3.63) is 35.6 Å². The molecule has 7 heteroatoms. The van der Waals surface area contributed by atoms with Crippen LogP contribution >= 0.6 is 0 Å². The van der Waals surface area contributed by atoms with Gasteiger partial charge in [0.1, 0.15) is 11.5 Å². The number of ketones is 1. The van der Waals surface area contributed by atoms with Gasteiger partial charge in [-0.15, -0.1) is 0 Å². The third-order valence-electron chi connectivity index (χ3n) is 3.40. The van der Waals surface area contributed by atoms with Crippen LogP contribution in [0.4, 0.5) is 0 Å². The predicted molar refractivity (Wildman–Crippen MR) is 84.7 cm³/mol. The number of nitrogens with one attached hydrogen (secondary N) is 1. The van der Waals surface area contributed by atoms with Gasteiger partial charge in [-0.1, -0.05) is 18.2 Å². The van der Waals surface area contributed by atoms with Crippen molar-refractivity contribution in [1.82, 2.24) is 0 Å². The minimum Gasteiger partial charge on any atom is -0.452 e. The van der Waals surface area contributed by atoms with E-state index in [4.69, 9.17) is 24.6 Å². The van der Waals surface area contributed by atoms with E-state index in [9.17, 15) is 9.59 Å². The molecule has 124 valence electrons. The third kappa shape index (κ3) is 3.50. The van der Waals surface area contributed by atoms with E-state index in [1.165, 1.54) is 14.0 Å². The summed E-state index contributed by atoms with van der Waals surface area (Å²) in [5, 5.41) is 17.0. The maximum absolute atomic E-state index is 12.2. The lowest BCUT2D eigenvalue weighted by Crippen LogP contribution is -2.25. The van der Waals surface area contributed by atoms with Crippen LogP contribution in [0.25, 0.3) is 11.0 Å². The highest BCUT2D eigenvalue weighted by atomic mass is 16.5. The van der Waals surface area contributed by atoms with Crippen LogP contribution in [-0.2, 0) is 20.9 Å². The lowest BCUT2D eigenvalue weighted by atomic mass is 10.0. The van der Waals surface area contributed by atoms with E-state index in [1.807, 2.05) is 0 Å². The summed E-state index contributed by atoms with van der Waals surface area (Å²) in [6.07, 6.45) is 0. The fourth-order valence-electron chi connectivity index (χ4n) is 2.25. The standard InChI is InChI=1S/C17H16N2O5/c1-10(19)12(7-18)14(20)9-23-17(21)16-13(8-22-2)11-5-3-4-6-15(11)24-16/h3-6,12,19H,8-9H2,1-2H3. The third-order valence-corrected chi connectivity index (χ3v) is 3.40. The first-order valence-corrected chi connectivity index (χ1v) is 7.13. The number of rotatable bonds is 7. The molecule has 0 spiro atoms. The number of nitrogens with zero attached hydrogens (tertiary/aromatic N) is 1. The largest absolute Gasteiger partial charge is 0.452 e. The number of furan rings is 1. The molecule has 0 amide bonds. The molecule has 0 bridgehead atoms. The molecule has 24 heavy (non-hydrogen) atoms. The summed E-state index contributed by atoms with van der Waals surface area (Å²) in [5.41, 5.74) is 0.945. The van der Waals surface area contributed by atoms with Crippen molar-refractivity contribution >= 4 is 28.4 Å². The van der Waals surface area contributed by atoms with Gasteiger partial charge in [-0.25, -0.2) is 4.79 Å². The number of carbonyl (C=O) groups is 2. The Morgan fingerprint density at radius 2 is 2.08 bits per heavy atom. The molecule has 2 aromatic rings. The van der Waals surface area contributed by atoms with Crippen LogP contribution in [0.3, 0.4) is 0 Å². The average Bonchev–Trinajstić information content (AvgIpc) is 2.92. The van der Waals surface area contributed by atoms with Crippen LogP contribution in [0.5, 0.6) is 0 Å². The van der Waals surface area contributed by atoms with Crippen LogP contribution in [0.2, 0.25) is 0 Å². The van der Waals surface area contributed by atoms with Crippen LogP contribution in [0.1, 0.15) is 23.0 Å². The molecule has 0 saturated carbocycles. The molecule has 1 unspecified atom stereocenters. The van der Waals surface area contributed by atoms with Crippen molar-refractivity contribution in [2.24, 2.45) is 5.92 Å². The van der Waals surface area contributed by atoms with E-state index in [1.54, 1.807) is 30.3 Å². The van der Waals surface area contributed by atoms with Gasteiger partial charge in [0, 0.05) is 23.8 Å². The zero-order valence-corrected chi connectivity index (χ0v) is 13.3. The Labute approximate surface area is 138 Å². The van der Waals surface area contributed by atoms with Gasteiger partial charge in [0.05, 0.1) is 12.7 Å². The van der Waals surface area contributed by atoms with Gasteiger partial charge in [0.15, 0.2) is 12.4 Å². The lowest BCUT2D eigenvalue weighted by molar-refractivity contribution is -0.122. The fraction of sp³-hybridized carbons (Fsp3) is 0.294. The maximum Gasteiger partial charge on any atom is 0.375 e. The Balaban J connectivity index is 2.20. The van der Waals surface area contributed by atoms with Gasteiger partial charge in [-0.2, -0.15) is 5.26 Å². The summed E-state index contributed by atoms with van der Waals surface area (Å²) in [6, 6.07) is 8.78. The number of carbonyl (C=O) groups excluding carboxylic acids is 2. The van der Waals surface area contributed by atoms with Crippen LogP contribution in [-0.4, -0.2) is 31.2 Å². The van der Waals surface area contributed by atoms with Gasteiger partial charge in [-0.05, 0) is 13.0 Å². The van der Waals surface area contributed by atoms with E-state index in [-0.39, 0.29) is 18.1 Å². The molecular weight excluding hydrogens is 312 g/mol. The second-order valence-electron chi connectivity index (χ2n) is 5.13. The summed E-state index contributed by atoms with van der Waals surface area (Å²) in [6.45, 7) is 0.899. The molecule has 1 aromatic carbocycles. The lowest BCUT2D eigenvalue weighted by Gasteiger charge is -2.07. The molecule has 1 heterocycles. The number of para-hydroxylation sites is 1. The van der Waals surface area contributed by atoms with Gasteiger partial charge >= 0.3 is 5.97 Å². The Bertz CT molecular complexity index is 831. The van der Waals surface area contributed by atoms with Crippen LogP contribution in [0.15, 0.2) is 28.7 Å². The second kappa shape index (κ2) is 7.53. The summed E-state index contributed by atoms with van der Waals surface area (Å²) >= 11 is 0. The smallest absolute Gasteiger partial charge is 0.375 e. The van der Waals surface area contributed by atoms with Gasteiger partial charge in [0.2, 0.25) is 5.76 Å². The molecule has 0 aliphatic heterocycles. The molecule has 1 aromatic heterocycles. The Morgan fingerprint density at radius 3 is 2.71 bits per heavy atom. The highest BCUT2D eigenvalue weighted by molar-refractivity contribution is 6.06. The topological polar surface area (TPSA) is 113 Å². The summed E-state index contributed by atoms with van der Waals surface area (Å²) in [4.78, 5) is 24.1. The number of nitriles is 1. The quantitative estimate of drug-likeness (QED) is 0.617. The van der Waals surface area contributed by atoms with Gasteiger partial charge in [-0.3, -0.25) is 4.79 Å². The molecule has 0 radical (unpaired) electrons. The Kier molecular flexibility index (Phi) is 5.45. The second-order valence-corrected chi connectivity index (χ2v) is 5.13. The van der Waals surface area contributed by atoms with Gasteiger partial charge in [0.25, 0.3) is 0 Å². The van der Waals surface area contributed by atoms with Crippen LogP contribution < -0.4 is 0 Å². The van der Waals surface area contributed by atoms with Crippen molar-refractivity contribution in [3.8, 4) is 6.07 Å². The Hall–Kier alpha value is -2.98. The molecule has 7 nitrogen and oxygen atoms in total. The predicted octanol–water partition coefficient (Wildman–Crippen LogP) is 2.48. The van der Waals surface area contributed by atoms with Crippen molar-refractivity contribution in [2.75, 3.05) is 13.7 Å². The first-order chi connectivity index (χ1) is 11.5. The SMILES string of the molecule is COCc1c(C(=O)OCC(=O)C(C#N)C(C)=N)oc2ccccc12. The van der Waals surface area contributed by atoms with Gasteiger partial charge < -0.3 is 19.3 Å². The van der Waals surface area contributed by atoms with E-state index >= 15 is 0 Å². The highest BCUT2D eigenvalue weighted by Crippen LogP contribution is 2.27. The Morgan fingerprint density at radius 1 is 1.38 bits per heavy atom. The zero-order chi connectivity index (χ0) is 17.7. The number of hydrogen-bond donors (Lipinski definition) is 1. The number of esters is 1. The molecule has 1 atom stereocenters. The number of hydrogen-bond acceptors (Lipinski definition) is 7. The minimum atomic E-state index is -1.22. The number of benzene rings is 1. The number of fused-ring (bicyclic) bond motifs is 1. The average molecular weight is 328 g/mol. The van der Waals surface area contributed by atoms with Crippen molar-refractivity contribution in [1.29, 1.82) is 10.7 Å². The highest BCUT2D eigenvalue weighted by Gasteiger charge is 2.25. The number of ether oxygens (including phenoxy) is 2. The monoisotopic (exact) mass is 328 g/mol. The summed E-state index contributed by atoms with van der Waals surface area (Å²) in [7, 11) is 1.49. The molecule has 0 saturated heterocycles. The van der Waals surface area contributed by atoms with E-state index in [2.05, 4.69) is 0 Å². The summed E-state index contributed by atoms with van der Waals surface area (Å²) < 4.78 is 15.6. The van der Waals surface area contributed by atoms with E-state index in [0.29, 0.717) is 11.1 Å². The molecule has 0 fully saturated rings. The molecule has 1 N–H and O–H groups in total. The van der Waals surface area contributed by atoms with E-state index < -0.39 is 24.3 Å². The first kappa shape index (κ1) is 17.4. The van der Waals surface area contributed by atoms with Crippen LogP contribution in [0, 0.1) is 22.7 Å². The van der Waals surface area contributed by atoms with E-state index in [0.717, 1.165) is 5.39 Å². The molecule has 2 rings (SSSR count). The molecule has 0 aliphatic carbocycles. The van der Waals surface area contributed by atoms with Crippen molar-refractivity contribution < 1.29 is 23.5 Å². The number of methoxy groups -OCH3 is 1.